The van der Waals surface area contributed by atoms with E-state index in [2.05, 4.69) is 12.7 Å². The third kappa shape index (κ3) is 3.93. The minimum atomic E-state index is -1.18. The first-order valence-corrected chi connectivity index (χ1v) is 15.7. The van der Waals surface area contributed by atoms with E-state index in [1.165, 1.54) is 4.90 Å². The number of fused-ring (bicyclic) bond motifs is 4. The number of hydrogen-bond acceptors (Lipinski definition) is 5. The highest BCUT2D eigenvalue weighted by Gasteiger charge is 2.68. The molecule has 0 unspecified atom stereocenters. The SMILES string of the molecule is C=CCc1cccc([C@H]2C3=CC[C@@H]4C(=O)N(C5CCCCC5)C(=O)[C@@H]4[C@@H]3C[C@H]3C(=O)N(c4ccccc4)C(=O)[C@@]23C)c1O. The second kappa shape index (κ2) is 10.3. The Hall–Kier alpha value is -4.00. The molecule has 5 aliphatic rings. The summed E-state index contributed by atoms with van der Waals surface area (Å²) in [5.41, 5.74) is 1.51. The molecule has 0 spiro atoms. The predicted molar refractivity (Wildman–Crippen MR) is 162 cm³/mol. The zero-order valence-electron chi connectivity index (χ0n) is 24.6. The van der Waals surface area contributed by atoms with Crippen molar-refractivity contribution in [3.05, 3.63) is 84.0 Å². The van der Waals surface area contributed by atoms with Gasteiger partial charge in [0.25, 0.3) is 0 Å². The van der Waals surface area contributed by atoms with Crippen molar-refractivity contribution in [2.24, 2.45) is 29.1 Å². The first-order valence-electron chi connectivity index (χ1n) is 15.7. The number of hydrogen-bond donors (Lipinski definition) is 1. The van der Waals surface area contributed by atoms with Crippen molar-refractivity contribution in [1.29, 1.82) is 0 Å². The Balaban J connectivity index is 1.37. The standard InChI is InChI=1S/C36H38N2O5/c1-3-11-21-12-10-17-26(31(21)39)30-24-18-19-25-29(34(42)37(32(25)40)22-13-6-4-7-14-22)27(24)20-28-33(41)38(35(43)36(28,30)2)23-15-8-5-9-16-23/h3,5,8-10,12,15-18,22,25,27-30,39H,1,4,6-7,11,13-14,19-20H2,2H3/t25-,27+,28-,29-,30+,36+/m0/s1. The van der Waals surface area contributed by atoms with Gasteiger partial charge >= 0.3 is 0 Å². The summed E-state index contributed by atoms with van der Waals surface area (Å²) in [7, 11) is 0. The Morgan fingerprint density at radius 3 is 2.40 bits per heavy atom. The van der Waals surface area contributed by atoms with Crippen molar-refractivity contribution < 1.29 is 24.3 Å². The highest BCUT2D eigenvalue weighted by Crippen LogP contribution is 2.64. The van der Waals surface area contributed by atoms with Crippen LogP contribution in [0.4, 0.5) is 5.69 Å². The maximum absolute atomic E-state index is 14.5. The summed E-state index contributed by atoms with van der Waals surface area (Å²) in [5, 5.41) is 11.6. The number of likely N-dealkylation sites (tertiary alicyclic amines) is 1. The molecule has 2 saturated heterocycles. The lowest BCUT2D eigenvalue weighted by Crippen LogP contribution is -2.49. The van der Waals surface area contributed by atoms with Crippen LogP contribution in [0.25, 0.3) is 0 Å². The van der Waals surface area contributed by atoms with Gasteiger partial charge in [-0.25, -0.2) is 4.90 Å². The Labute approximate surface area is 252 Å². The van der Waals surface area contributed by atoms with Crippen LogP contribution in [-0.2, 0) is 25.6 Å². The molecule has 0 radical (unpaired) electrons. The van der Waals surface area contributed by atoms with Gasteiger partial charge in [0, 0.05) is 17.5 Å². The number of allylic oxidation sites excluding steroid dienone is 3. The number of benzene rings is 2. The van der Waals surface area contributed by atoms with Crippen LogP contribution in [0, 0.1) is 29.1 Å². The van der Waals surface area contributed by atoms with Gasteiger partial charge < -0.3 is 5.11 Å². The summed E-state index contributed by atoms with van der Waals surface area (Å²) < 4.78 is 0. The van der Waals surface area contributed by atoms with Gasteiger partial charge in [0.15, 0.2) is 0 Å². The summed E-state index contributed by atoms with van der Waals surface area (Å²) >= 11 is 0. The highest BCUT2D eigenvalue weighted by molar-refractivity contribution is 6.24. The molecule has 7 rings (SSSR count). The average molecular weight is 579 g/mol. The lowest BCUT2D eigenvalue weighted by molar-refractivity contribution is -0.144. The molecular weight excluding hydrogens is 540 g/mol. The molecule has 4 fully saturated rings. The summed E-state index contributed by atoms with van der Waals surface area (Å²) in [4.78, 5) is 59.6. The van der Waals surface area contributed by atoms with Crippen LogP contribution in [0.1, 0.15) is 68.9 Å². The van der Waals surface area contributed by atoms with Crippen molar-refractivity contribution >= 4 is 29.3 Å². The van der Waals surface area contributed by atoms with Gasteiger partial charge in [-0.05, 0) is 62.6 Å². The van der Waals surface area contributed by atoms with Crippen LogP contribution in [-0.4, -0.2) is 39.7 Å². The highest BCUT2D eigenvalue weighted by atomic mass is 16.3. The summed E-state index contributed by atoms with van der Waals surface area (Å²) in [6.45, 7) is 5.68. The molecule has 43 heavy (non-hydrogen) atoms. The number of amides is 4. The normalized spacial score (nSPS) is 32.4. The number of phenolic OH excluding ortho intramolecular Hbond substituents is 1. The summed E-state index contributed by atoms with van der Waals surface area (Å²) in [6, 6.07) is 14.5. The molecule has 4 amide bonds. The van der Waals surface area contributed by atoms with Crippen molar-refractivity contribution in [2.45, 2.75) is 70.3 Å². The number of para-hydroxylation sites is 2. The third-order valence-electron chi connectivity index (χ3n) is 11.1. The van der Waals surface area contributed by atoms with Crippen LogP contribution in [0.3, 0.4) is 0 Å². The molecule has 7 heteroatoms. The molecule has 6 atom stereocenters. The van der Waals surface area contributed by atoms with Crippen LogP contribution in [0.2, 0.25) is 0 Å². The number of imide groups is 2. The number of aromatic hydroxyl groups is 1. The molecular formula is C36H38N2O5. The molecule has 2 aromatic carbocycles. The molecule has 1 N–H and O–H groups in total. The number of carbonyl (C=O) groups is 4. The third-order valence-corrected chi connectivity index (χ3v) is 11.1. The van der Waals surface area contributed by atoms with E-state index in [4.69, 9.17) is 0 Å². The molecule has 0 bridgehead atoms. The lowest BCUT2D eigenvalue weighted by Gasteiger charge is -2.49. The maximum atomic E-state index is 14.5. The topological polar surface area (TPSA) is 95.0 Å². The molecule has 0 aromatic heterocycles. The van der Waals surface area contributed by atoms with E-state index in [0.717, 1.165) is 37.7 Å². The van der Waals surface area contributed by atoms with Crippen molar-refractivity contribution in [2.75, 3.05) is 4.90 Å². The first kappa shape index (κ1) is 27.8. The zero-order chi connectivity index (χ0) is 30.0. The fourth-order valence-corrected chi connectivity index (χ4v) is 9.07. The Bertz CT molecular complexity index is 1560. The largest absolute Gasteiger partial charge is 0.507 e. The number of anilines is 1. The number of phenols is 1. The van der Waals surface area contributed by atoms with Gasteiger partial charge in [-0.3, -0.25) is 24.1 Å². The van der Waals surface area contributed by atoms with Gasteiger partial charge in [0.2, 0.25) is 23.6 Å². The molecule has 3 aliphatic carbocycles. The van der Waals surface area contributed by atoms with E-state index in [9.17, 15) is 24.3 Å². The van der Waals surface area contributed by atoms with E-state index < -0.39 is 29.1 Å². The minimum Gasteiger partial charge on any atom is -0.507 e. The second-order valence-corrected chi connectivity index (χ2v) is 13.2. The van der Waals surface area contributed by atoms with Gasteiger partial charge in [-0.15, -0.1) is 6.58 Å². The maximum Gasteiger partial charge on any atom is 0.241 e. The van der Waals surface area contributed by atoms with E-state index in [1.807, 2.05) is 31.2 Å². The molecule has 2 aliphatic heterocycles. The lowest BCUT2D eigenvalue weighted by atomic mass is 9.51. The summed E-state index contributed by atoms with van der Waals surface area (Å²) in [6.07, 6.45) is 9.79. The summed E-state index contributed by atoms with van der Waals surface area (Å²) in [5.74, 6) is -3.43. The number of carbonyl (C=O) groups excluding carboxylic acids is 4. The number of rotatable bonds is 5. The molecule has 2 heterocycles. The Kier molecular flexibility index (Phi) is 6.67. The van der Waals surface area contributed by atoms with E-state index in [0.29, 0.717) is 36.1 Å². The van der Waals surface area contributed by atoms with Gasteiger partial charge in [-0.2, -0.15) is 0 Å². The van der Waals surface area contributed by atoms with Gasteiger partial charge in [0.05, 0.1) is 28.9 Å². The fraction of sp³-hybridized carbons (Fsp3) is 0.444. The molecule has 2 aromatic rings. The van der Waals surface area contributed by atoms with Crippen LogP contribution in [0.15, 0.2) is 72.8 Å². The first-order chi connectivity index (χ1) is 20.8. The van der Waals surface area contributed by atoms with Gasteiger partial charge in [0.1, 0.15) is 5.75 Å². The van der Waals surface area contributed by atoms with Crippen molar-refractivity contribution in [3.8, 4) is 5.75 Å². The zero-order valence-corrected chi connectivity index (χ0v) is 24.6. The molecule has 222 valence electrons. The monoisotopic (exact) mass is 578 g/mol. The number of nitrogens with zero attached hydrogens (tertiary/aromatic N) is 2. The van der Waals surface area contributed by atoms with Crippen LogP contribution in [0.5, 0.6) is 5.75 Å². The van der Waals surface area contributed by atoms with Crippen molar-refractivity contribution in [1.82, 2.24) is 4.90 Å². The van der Waals surface area contributed by atoms with Crippen LogP contribution < -0.4 is 4.90 Å². The quantitative estimate of drug-likeness (QED) is 0.364. The van der Waals surface area contributed by atoms with E-state index in [1.54, 1.807) is 35.2 Å². The Morgan fingerprint density at radius 1 is 0.930 bits per heavy atom. The van der Waals surface area contributed by atoms with Gasteiger partial charge in [-0.1, -0.05) is 73.4 Å². The van der Waals surface area contributed by atoms with E-state index >= 15 is 0 Å². The minimum absolute atomic E-state index is 0.0599. The van der Waals surface area contributed by atoms with Crippen molar-refractivity contribution in [3.63, 3.8) is 0 Å². The smallest absolute Gasteiger partial charge is 0.241 e. The Morgan fingerprint density at radius 2 is 1.67 bits per heavy atom. The fourth-order valence-electron chi connectivity index (χ4n) is 9.07. The second-order valence-electron chi connectivity index (χ2n) is 13.2. The average Bonchev–Trinajstić information content (AvgIpc) is 3.39. The molecule has 7 nitrogen and oxygen atoms in total. The predicted octanol–water partition coefficient (Wildman–Crippen LogP) is 5.68. The van der Waals surface area contributed by atoms with Crippen LogP contribution >= 0.6 is 0 Å². The van der Waals surface area contributed by atoms with E-state index in [-0.39, 0.29) is 41.3 Å². The molecule has 2 saturated carbocycles.